The quantitative estimate of drug-likeness (QED) is 0.433. The van der Waals surface area contributed by atoms with E-state index in [1.165, 1.54) is 19.1 Å². The molecule has 0 unspecified atom stereocenters. The maximum absolute atomic E-state index is 13.5. The van der Waals surface area contributed by atoms with E-state index in [4.69, 9.17) is 18.9 Å². The molecule has 1 aliphatic heterocycles. The molecule has 4 atom stereocenters. The van der Waals surface area contributed by atoms with E-state index in [1.54, 1.807) is 46.8 Å². The Morgan fingerprint density at radius 2 is 1.66 bits per heavy atom. The largest absolute Gasteiger partial charge is 0.458 e. The van der Waals surface area contributed by atoms with Crippen LogP contribution in [-0.4, -0.2) is 61.3 Å². The van der Waals surface area contributed by atoms with Crippen LogP contribution < -0.4 is 4.72 Å². The standard InChI is InChI=1S/C28H39NO8S/c1-19-13-15-21(16-14-19)38(32,33)29-28(7,25(31)37-26(2,3)4)24(30)23-22(35-27(5,6)36-23)18-34-17-20-11-9-8-10-12-20/h8-16,22-24,29-30H,17-18H2,1-7H3/t22-,23+,24+,28+/m1/s1. The smallest absolute Gasteiger partial charge is 0.330 e. The molecule has 0 aromatic heterocycles. The first-order chi connectivity index (χ1) is 17.5. The Bertz CT molecular complexity index is 1190. The first kappa shape index (κ1) is 30.2. The zero-order valence-electron chi connectivity index (χ0n) is 23.1. The van der Waals surface area contributed by atoms with Crippen LogP contribution in [0.3, 0.4) is 0 Å². The van der Waals surface area contributed by atoms with Gasteiger partial charge in [0, 0.05) is 0 Å². The molecule has 3 rings (SSSR count). The van der Waals surface area contributed by atoms with Gasteiger partial charge in [-0.05, 0) is 66.2 Å². The highest BCUT2D eigenvalue weighted by atomic mass is 32.2. The molecule has 38 heavy (non-hydrogen) atoms. The van der Waals surface area contributed by atoms with Gasteiger partial charge in [-0.15, -0.1) is 0 Å². The Labute approximate surface area is 225 Å². The summed E-state index contributed by atoms with van der Waals surface area (Å²) in [5, 5.41) is 11.6. The van der Waals surface area contributed by atoms with Crippen LogP contribution >= 0.6 is 0 Å². The minimum atomic E-state index is -4.25. The fraction of sp³-hybridized carbons (Fsp3) is 0.536. The zero-order chi connectivity index (χ0) is 28.4. The highest BCUT2D eigenvalue weighted by Crippen LogP contribution is 2.35. The van der Waals surface area contributed by atoms with Crippen molar-refractivity contribution in [1.82, 2.24) is 4.72 Å². The topological polar surface area (TPSA) is 120 Å². The van der Waals surface area contributed by atoms with Crippen molar-refractivity contribution in [1.29, 1.82) is 0 Å². The van der Waals surface area contributed by atoms with E-state index in [0.717, 1.165) is 11.1 Å². The molecule has 0 bridgehead atoms. The van der Waals surface area contributed by atoms with E-state index in [9.17, 15) is 18.3 Å². The number of carbonyl (C=O) groups is 1. The molecule has 1 saturated heterocycles. The predicted octanol–water partition coefficient (Wildman–Crippen LogP) is 3.47. The number of hydrogen-bond acceptors (Lipinski definition) is 8. The van der Waals surface area contributed by atoms with Crippen LogP contribution in [0.4, 0.5) is 0 Å². The number of aliphatic hydroxyl groups excluding tert-OH is 1. The fourth-order valence-corrected chi connectivity index (χ4v) is 5.49. The van der Waals surface area contributed by atoms with Gasteiger partial charge >= 0.3 is 5.97 Å². The van der Waals surface area contributed by atoms with Crippen molar-refractivity contribution in [2.24, 2.45) is 0 Å². The summed E-state index contributed by atoms with van der Waals surface area (Å²) < 4.78 is 52.5. The average molecular weight is 550 g/mol. The summed E-state index contributed by atoms with van der Waals surface area (Å²) in [6.45, 7) is 11.8. The van der Waals surface area contributed by atoms with Gasteiger partial charge < -0.3 is 24.1 Å². The monoisotopic (exact) mass is 549 g/mol. The summed E-state index contributed by atoms with van der Waals surface area (Å²) in [4.78, 5) is 13.4. The number of rotatable bonds is 10. The number of carbonyl (C=O) groups excluding carboxylic acids is 1. The maximum Gasteiger partial charge on any atom is 0.330 e. The van der Waals surface area contributed by atoms with Crippen molar-refractivity contribution in [2.45, 2.75) is 95.2 Å². The molecule has 2 aromatic rings. The van der Waals surface area contributed by atoms with Gasteiger partial charge in [0.1, 0.15) is 23.9 Å². The van der Waals surface area contributed by atoms with Crippen LogP contribution in [0, 0.1) is 6.92 Å². The number of aliphatic hydroxyl groups is 1. The lowest BCUT2D eigenvalue weighted by molar-refractivity contribution is -0.179. The Balaban J connectivity index is 1.90. The number of benzene rings is 2. The van der Waals surface area contributed by atoms with Crippen LogP contribution in [0.25, 0.3) is 0 Å². The average Bonchev–Trinajstić information content (AvgIpc) is 3.12. The Morgan fingerprint density at radius 3 is 2.24 bits per heavy atom. The van der Waals surface area contributed by atoms with Crippen molar-refractivity contribution in [3.8, 4) is 0 Å². The molecule has 0 amide bonds. The second-order valence-electron chi connectivity index (χ2n) is 11.2. The Hall–Kier alpha value is -2.34. The molecular weight excluding hydrogens is 510 g/mol. The summed E-state index contributed by atoms with van der Waals surface area (Å²) in [6, 6.07) is 15.7. The Kier molecular flexibility index (Phi) is 9.07. The molecule has 0 aliphatic carbocycles. The van der Waals surface area contributed by atoms with Gasteiger partial charge in [0.15, 0.2) is 11.3 Å². The Morgan fingerprint density at radius 1 is 1.05 bits per heavy atom. The van der Waals surface area contributed by atoms with Gasteiger partial charge in [-0.1, -0.05) is 48.0 Å². The van der Waals surface area contributed by atoms with E-state index in [0.29, 0.717) is 6.61 Å². The second-order valence-corrected chi connectivity index (χ2v) is 12.9. The molecule has 0 spiro atoms. The lowest BCUT2D eigenvalue weighted by Crippen LogP contribution is -2.65. The molecule has 10 heteroatoms. The van der Waals surface area contributed by atoms with Gasteiger partial charge in [0.05, 0.1) is 18.1 Å². The molecule has 1 aliphatic rings. The molecule has 1 fully saturated rings. The van der Waals surface area contributed by atoms with Gasteiger partial charge in [0.25, 0.3) is 0 Å². The van der Waals surface area contributed by atoms with Crippen molar-refractivity contribution in [3.05, 3.63) is 65.7 Å². The van der Waals surface area contributed by atoms with Gasteiger partial charge in [-0.3, -0.25) is 0 Å². The summed E-state index contributed by atoms with van der Waals surface area (Å²) in [6.07, 6.45) is -3.60. The SMILES string of the molecule is Cc1ccc(S(=O)(=O)N[C@](C)(C(=O)OC(C)(C)C)[C@@H](O)[C@H]2OC(C)(C)O[C@@H]2COCc2ccccc2)cc1. The van der Waals surface area contributed by atoms with Gasteiger partial charge in [0.2, 0.25) is 10.0 Å². The van der Waals surface area contributed by atoms with Crippen molar-refractivity contribution in [2.75, 3.05) is 6.61 Å². The first-order valence-electron chi connectivity index (χ1n) is 12.5. The highest BCUT2D eigenvalue weighted by molar-refractivity contribution is 7.89. The van der Waals surface area contributed by atoms with Crippen LogP contribution in [-0.2, 0) is 40.4 Å². The van der Waals surface area contributed by atoms with Crippen molar-refractivity contribution in [3.63, 3.8) is 0 Å². The van der Waals surface area contributed by atoms with E-state index in [-0.39, 0.29) is 11.5 Å². The number of aryl methyl sites for hydroxylation is 1. The van der Waals surface area contributed by atoms with Crippen LogP contribution in [0.1, 0.15) is 52.7 Å². The van der Waals surface area contributed by atoms with E-state index < -0.39 is 51.2 Å². The van der Waals surface area contributed by atoms with Crippen molar-refractivity contribution >= 4 is 16.0 Å². The van der Waals surface area contributed by atoms with E-state index in [2.05, 4.69) is 4.72 Å². The number of esters is 1. The number of ether oxygens (including phenoxy) is 4. The molecule has 1 heterocycles. The molecular formula is C28H39NO8S. The third-order valence-electron chi connectivity index (χ3n) is 6.02. The van der Waals surface area contributed by atoms with Gasteiger partial charge in [-0.2, -0.15) is 4.72 Å². The number of nitrogens with one attached hydrogen (secondary N) is 1. The van der Waals surface area contributed by atoms with Crippen LogP contribution in [0.15, 0.2) is 59.5 Å². The summed E-state index contributed by atoms with van der Waals surface area (Å²) in [7, 11) is -4.25. The van der Waals surface area contributed by atoms with Gasteiger partial charge in [-0.25, -0.2) is 13.2 Å². The zero-order valence-corrected chi connectivity index (χ0v) is 23.9. The minimum Gasteiger partial charge on any atom is -0.458 e. The number of hydrogen-bond donors (Lipinski definition) is 2. The first-order valence-corrected chi connectivity index (χ1v) is 14.0. The normalized spacial score (nSPS) is 22.0. The molecule has 0 saturated carbocycles. The summed E-state index contributed by atoms with van der Waals surface area (Å²) in [5.74, 6) is -2.07. The molecule has 0 radical (unpaired) electrons. The lowest BCUT2D eigenvalue weighted by Gasteiger charge is -2.38. The maximum atomic E-state index is 13.5. The third kappa shape index (κ3) is 7.62. The predicted molar refractivity (Wildman–Crippen MR) is 142 cm³/mol. The summed E-state index contributed by atoms with van der Waals surface area (Å²) >= 11 is 0. The minimum absolute atomic E-state index is 0.0369. The third-order valence-corrected chi connectivity index (χ3v) is 7.60. The lowest BCUT2D eigenvalue weighted by atomic mass is 9.89. The number of sulfonamides is 1. The molecule has 2 N–H and O–H groups in total. The molecule has 9 nitrogen and oxygen atoms in total. The molecule has 2 aromatic carbocycles. The van der Waals surface area contributed by atoms with E-state index >= 15 is 0 Å². The van der Waals surface area contributed by atoms with Crippen LogP contribution in [0.5, 0.6) is 0 Å². The highest BCUT2D eigenvalue weighted by Gasteiger charge is 2.56. The van der Waals surface area contributed by atoms with E-state index in [1.807, 2.05) is 37.3 Å². The fourth-order valence-electron chi connectivity index (χ4n) is 4.12. The second kappa shape index (κ2) is 11.4. The summed E-state index contributed by atoms with van der Waals surface area (Å²) in [5.41, 5.74) is -1.25. The molecule has 210 valence electrons. The van der Waals surface area contributed by atoms with Crippen LogP contribution in [0.2, 0.25) is 0 Å². The van der Waals surface area contributed by atoms with Crippen molar-refractivity contribution < 1.29 is 37.3 Å².